The number of fused-ring (bicyclic) bond motifs is 1. The molecule has 0 fully saturated rings. The van der Waals surface area contributed by atoms with Gasteiger partial charge in [-0.1, -0.05) is 30.3 Å². The number of anilines is 2. The summed E-state index contributed by atoms with van der Waals surface area (Å²) in [5, 5.41) is 2.57. The average Bonchev–Trinajstić information content (AvgIpc) is 3.33. The van der Waals surface area contributed by atoms with Crippen molar-refractivity contribution in [1.29, 1.82) is 0 Å². The van der Waals surface area contributed by atoms with Crippen molar-refractivity contribution in [3.8, 4) is 5.88 Å². The van der Waals surface area contributed by atoms with Gasteiger partial charge in [0.2, 0.25) is 11.8 Å². The average molecular weight is 490 g/mol. The minimum atomic E-state index is -0.635. The molecule has 2 heterocycles. The molecule has 0 saturated heterocycles. The fourth-order valence-corrected chi connectivity index (χ4v) is 3.98. The van der Waals surface area contributed by atoms with Crippen LogP contribution in [0.5, 0.6) is 5.88 Å². The van der Waals surface area contributed by atoms with Gasteiger partial charge < -0.3 is 15.0 Å². The highest BCUT2D eigenvalue weighted by molar-refractivity contribution is 5.96. The Hall–Kier alpha value is -4.40. The topological polar surface area (TPSA) is 67.4 Å². The summed E-state index contributed by atoms with van der Waals surface area (Å²) in [7, 11) is 0. The molecular formula is C27H21F3N4O2. The summed E-state index contributed by atoms with van der Waals surface area (Å²) in [6.07, 6.45) is 2.17. The molecule has 0 unspecified atom stereocenters. The molecule has 1 aliphatic rings. The number of benzene rings is 3. The molecule has 0 radical (unpaired) electrons. The minimum Gasteiger partial charge on any atom is -0.472 e. The Bertz CT molecular complexity index is 1410. The summed E-state index contributed by atoms with van der Waals surface area (Å²) >= 11 is 0. The van der Waals surface area contributed by atoms with Crippen LogP contribution in [0.2, 0.25) is 0 Å². The molecule has 1 aromatic heterocycles. The number of ether oxygens (including phenoxy) is 1. The third-order valence-corrected chi connectivity index (χ3v) is 5.85. The maximum absolute atomic E-state index is 14.0. The molecule has 0 bridgehead atoms. The number of hydrogen-bond donors (Lipinski definition) is 1. The van der Waals surface area contributed by atoms with Crippen molar-refractivity contribution in [2.75, 3.05) is 11.4 Å². The molecule has 1 N–H and O–H groups in total. The number of amides is 1. The molecule has 0 aliphatic carbocycles. The van der Waals surface area contributed by atoms with Crippen LogP contribution in [0.1, 0.15) is 27.0 Å². The van der Waals surface area contributed by atoms with Gasteiger partial charge in [0.15, 0.2) is 0 Å². The van der Waals surface area contributed by atoms with Crippen LogP contribution >= 0.6 is 0 Å². The van der Waals surface area contributed by atoms with Crippen molar-refractivity contribution < 1.29 is 22.7 Å². The van der Waals surface area contributed by atoms with Gasteiger partial charge in [-0.2, -0.15) is 4.98 Å². The molecule has 4 aromatic rings. The van der Waals surface area contributed by atoms with Crippen molar-refractivity contribution >= 4 is 17.5 Å². The SMILES string of the molecule is O=C(NCc1cc(F)ccc1F)c1cnc(N2CCc3ccccc32)nc1OCc1ccc(F)cc1. The Morgan fingerprint density at radius 2 is 1.78 bits per heavy atom. The summed E-state index contributed by atoms with van der Waals surface area (Å²) in [5.41, 5.74) is 2.85. The maximum atomic E-state index is 14.0. The number of nitrogens with zero attached hydrogens (tertiary/aromatic N) is 3. The molecule has 36 heavy (non-hydrogen) atoms. The molecule has 1 amide bonds. The Labute approximate surface area is 205 Å². The zero-order chi connectivity index (χ0) is 25.1. The van der Waals surface area contributed by atoms with Gasteiger partial charge in [0.25, 0.3) is 5.91 Å². The van der Waals surface area contributed by atoms with Crippen molar-refractivity contribution in [2.24, 2.45) is 0 Å². The van der Waals surface area contributed by atoms with E-state index >= 15 is 0 Å². The van der Waals surface area contributed by atoms with Crippen LogP contribution in [0.4, 0.5) is 24.8 Å². The Kier molecular flexibility index (Phi) is 6.53. The molecule has 0 saturated carbocycles. The van der Waals surface area contributed by atoms with Crippen LogP contribution in [-0.2, 0) is 19.6 Å². The Morgan fingerprint density at radius 3 is 2.61 bits per heavy atom. The largest absolute Gasteiger partial charge is 0.472 e. The Balaban J connectivity index is 1.41. The third-order valence-electron chi connectivity index (χ3n) is 5.85. The van der Waals surface area contributed by atoms with E-state index in [2.05, 4.69) is 15.3 Å². The molecule has 182 valence electrons. The van der Waals surface area contributed by atoms with Crippen LogP contribution in [-0.4, -0.2) is 22.4 Å². The first kappa shape index (κ1) is 23.3. The van der Waals surface area contributed by atoms with Crippen molar-refractivity contribution in [2.45, 2.75) is 19.6 Å². The molecule has 0 atom stereocenters. The standard InChI is InChI=1S/C27H21F3N4O2/c28-20-7-5-17(6-8-20)16-36-26-22(25(35)31-14-19-13-21(29)9-10-23(19)30)15-32-27(33-26)34-12-11-18-3-1-2-4-24(18)34/h1-10,13,15H,11-12,14,16H2,(H,31,35). The van der Waals surface area contributed by atoms with Gasteiger partial charge in [0.05, 0.1) is 0 Å². The lowest BCUT2D eigenvalue weighted by Gasteiger charge is -2.19. The molecule has 6 nitrogen and oxygen atoms in total. The lowest BCUT2D eigenvalue weighted by Crippen LogP contribution is -2.25. The number of rotatable bonds is 7. The van der Waals surface area contributed by atoms with E-state index in [0.717, 1.165) is 35.9 Å². The zero-order valence-electron chi connectivity index (χ0n) is 19.0. The third kappa shape index (κ3) is 5.00. The number of carbonyl (C=O) groups is 1. The lowest BCUT2D eigenvalue weighted by molar-refractivity contribution is 0.0944. The second-order valence-electron chi connectivity index (χ2n) is 8.25. The normalized spacial score (nSPS) is 12.4. The zero-order valence-corrected chi connectivity index (χ0v) is 19.0. The van der Waals surface area contributed by atoms with Crippen LogP contribution in [0.3, 0.4) is 0 Å². The monoisotopic (exact) mass is 490 g/mol. The first-order chi connectivity index (χ1) is 17.5. The van der Waals surface area contributed by atoms with Gasteiger partial charge in [0.1, 0.15) is 29.6 Å². The van der Waals surface area contributed by atoms with Gasteiger partial charge in [-0.05, 0) is 53.9 Å². The van der Waals surface area contributed by atoms with E-state index in [1.165, 1.54) is 18.3 Å². The number of nitrogens with one attached hydrogen (secondary N) is 1. The quantitative estimate of drug-likeness (QED) is 0.391. The van der Waals surface area contributed by atoms with E-state index in [-0.39, 0.29) is 36.0 Å². The van der Waals surface area contributed by atoms with Gasteiger partial charge in [0, 0.05) is 30.5 Å². The van der Waals surface area contributed by atoms with Gasteiger partial charge in [-0.3, -0.25) is 4.79 Å². The van der Waals surface area contributed by atoms with E-state index in [9.17, 15) is 18.0 Å². The fraction of sp³-hybridized carbons (Fsp3) is 0.148. The molecule has 3 aromatic carbocycles. The molecule has 9 heteroatoms. The summed E-state index contributed by atoms with van der Waals surface area (Å²) < 4.78 is 46.6. The number of halogens is 3. The van der Waals surface area contributed by atoms with Gasteiger partial charge >= 0.3 is 0 Å². The predicted octanol–water partition coefficient (Wildman–Crippen LogP) is 5.10. The first-order valence-electron chi connectivity index (χ1n) is 11.3. The second-order valence-corrected chi connectivity index (χ2v) is 8.25. The van der Waals surface area contributed by atoms with E-state index in [4.69, 9.17) is 4.74 Å². The highest BCUT2D eigenvalue weighted by Crippen LogP contribution is 2.33. The minimum absolute atomic E-state index is 0.00310. The van der Waals surface area contributed by atoms with Crippen molar-refractivity contribution in [1.82, 2.24) is 15.3 Å². The summed E-state index contributed by atoms with van der Waals surface area (Å²) in [4.78, 5) is 23.8. The van der Waals surface area contributed by atoms with Crippen LogP contribution in [0.15, 0.2) is 72.9 Å². The van der Waals surface area contributed by atoms with E-state index in [1.807, 2.05) is 29.2 Å². The number of aromatic nitrogens is 2. The molecular weight excluding hydrogens is 469 g/mol. The van der Waals surface area contributed by atoms with Gasteiger partial charge in [-0.25, -0.2) is 18.2 Å². The number of para-hydroxylation sites is 1. The van der Waals surface area contributed by atoms with Gasteiger partial charge in [-0.15, -0.1) is 0 Å². The van der Waals surface area contributed by atoms with E-state index < -0.39 is 17.5 Å². The highest BCUT2D eigenvalue weighted by Gasteiger charge is 2.25. The van der Waals surface area contributed by atoms with Crippen LogP contribution < -0.4 is 15.0 Å². The summed E-state index contributed by atoms with van der Waals surface area (Å²) in [6, 6.07) is 16.7. The summed E-state index contributed by atoms with van der Waals surface area (Å²) in [5.74, 6) is -1.85. The maximum Gasteiger partial charge on any atom is 0.258 e. The smallest absolute Gasteiger partial charge is 0.258 e. The number of carbonyl (C=O) groups excluding carboxylic acids is 1. The molecule has 5 rings (SSSR count). The second kappa shape index (κ2) is 10.1. The van der Waals surface area contributed by atoms with Crippen LogP contribution in [0.25, 0.3) is 0 Å². The van der Waals surface area contributed by atoms with E-state index in [1.54, 1.807) is 12.1 Å². The first-order valence-corrected chi connectivity index (χ1v) is 11.3. The van der Waals surface area contributed by atoms with Crippen molar-refractivity contribution in [3.63, 3.8) is 0 Å². The molecule has 0 spiro atoms. The predicted molar refractivity (Wildman–Crippen MR) is 127 cm³/mol. The van der Waals surface area contributed by atoms with Crippen LogP contribution in [0, 0.1) is 17.5 Å². The van der Waals surface area contributed by atoms with E-state index in [0.29, 0.717) is 18.1 Å². The highest BCUT2D eigenvalue weighted by atomic mass is 19.1. The fourth-order valence-electron chi connectivity index (χ4n) is 3.98. The molecule has 1 aliphatic heterocycles. The van der Waals surface area contributed by atoms with Crippen molar-refractivity contribution in [3.05, 3.63) is 113 Å². The Morgan fingerprint density at radius 1 is 1.00 bits per heavy atom. The summed E-state index contributed by atoms with van der Waals surface area (Å²) in [6.45, 7) is 0.467. The lowest BCUT2D eigenvalue weighted by atomic mass is 10.2. The number of hydrogen-bond acceptors (Lipinski definition) is 5.